The van der Waals surface area contributed by atoms with E-state index in [1.807, 2.05) is 6.92 Å². The normalized spacial score (nSPS) is 10.1. The molecule has 0 spiro atoms. The molecule has 0 fully saturated rings. The van der Waals surface area contributed by atoms with Gasteiger partial charge in [-0.15, -0.1) is 0 Å². The molecule has 0 aliphatic heterocycles. The van der Waals surface area contributed by atoms with Crippen molar-refractivity contribution in [2.45, 2.75) is 20.3 Å². The minimum absolute atomic E-state index is 0.546. The number of rotatable bonds is 5. The predicted octanol–water partition coefficient (Wildman–Crippen LogP) is 1.35. The van der Waals surface area contributed by atoms with Gasteiger partial charge in [0, 0.05) is 31.0 Å². The second-order valence-corrected chi connectivity index (χ2v) is 4.17. The SMILES string of the molecule is CCN(CCC(N)=S)c1nc(C)ns1. The van der Waals surface area contributed by atoms with Crippen LogP contribution in [0.5, 0.6) is 0 Å². The highest BCUT2D eigenvalue weighted by Gasteiger charge is 2.08. The van der Waals surface area contributed by atoms with Crippen molar-refractivity contribution in [2.75, 3.05) is 18.0 Å². The molecule has 0 amide bonds. The molecule has 0 radical (unpaired) electrons. The molecule has 1 heterocycles. The number of nitrogens with zero attached hydrogens (tertiary/aromatic N) is 3. The summed E-state index contributed by atoms with van der Waals surface area (Å²) in [6, 6.07) is 0. The van der Waals surface area contributed by atoms with E-state index in [9.17, 15) is 0 Å². The Bertz CT molecular complexity index is 310. The monoisotopic (exact) mass is 230 g/mol. The Labute approximate surface area is 93.3 Å². The smallest absolute Gasteiger partial charge is 0.205 e. The number of nitrogens with two attached hydrogens (primary N) is 1. The number of aromatic nitrogens is 2. The van der Waals surface area contributed by atoms with E-state index in [2.05, 4.69) is 21.2 Å². The van der Waals surface area contributed by atoms with Crippen molar-refractivity contribution in [2.24, 2.45) is 5.73 Å². The molecule has 0 saturated carbocycles. The summed E-state index contributed by atoms with van der Waals surface area (Å²) in [6.45, 7) is 5.69. The molecule has 14 heavy (non-hydrogen) atoms. The van der Waals surface area contributed by atoms with Crippen LogP contribution in [0.3, 0.4) is 0 Å². The number of aryl methyl sites for hydroxylation is 1. The molecule has 0 saturated heterocycles. The van der Waals surface area contributed by atoms with Crippen LogP contribution in [0.15, 0.2) is 0 Å². The van der Waals surface area contributed by atoms with E-state index >= 15 is 0 Å². The number of thiocarbonyl (C=S) groups is 1. The van der Waals surface area contributed by atoms with Gasteiger partial charge in [-0.05, 0) is 13.8 Å². The number of anilines is 1. The first-order valence-electron chi connectivity index (χ1n) is 4.47. The standard InChI is InChI=1S/C8H14N4S2/c1-3-12(5-4-7(9)13)8-10-6(2)11-14-8/h3-5H2,1-2H3,(H2,9,13). The second kappa shape index (κ2) is 5.21. The first kappa shape index (κ1) is 11.3. The van der Waals surface area contributed by atoms with Gasteiger partial charge in [-0.25, -0.2) is 4.98 Å². The van der Waals surface area contributed by atoms with Crippen LogP contribution < -0.4 is 10.6 Å². The largest absolute Gasteiger partial charge is 0.393 e. The average Bonchev–Trinajstić information content (AvgIpc) is 2.53. The molecule has 2 N–H and O–H groups in total. The Balaban J connectivity index is 2.58. The molecule has 6 heteroatoms. The van der Waals surface area contributed by atoms with E-state index in [1.54, 1.807) is 0 Å². The van der Waals surface area contributed by atoms with Crippen molar-refractivity contribution in [3.63, 3.8) is 0 Å². The van der Waals surface area contributed by atoms with Crippen molar-refractivity contribution >= 4 is 33.9 Å². The van der Waals surface area contributed by atoms with Crippen LogP contribution in [0, 0.1) is 6.92 Å². The fraction of sp³-hybridized carbons (Fsp3) is 0.625. The maximum Gasteiger partial charge on any atom is 0.205 e. The van der Waals surface area contributed by atoms with Crippen molar-refractivity contribution in [3.8, 4) is 0 Å². The molecule has 0 unspecified atom stereocenters. The van der Waals surface area contributed by atoms with Crippen LogP contribution in [0.1, 0.15) is 19.2 Å². The zero-order valence-electron chi connectivity index (χ0n) is 8.36. The van der Waals surface area contributed by atoms with Crippen molar-refractivity contribution in [1.29, 1.82) is 0 Å². The summed E-state index contributed by atoms with van der Waals surface area (Å²) in [5.41, 5.74) is 5.45. The number of hydrogen-bond acceptors (Lipinski definition) is 5. The van der Waals surface area contributed by atoms with Crippen LogP contribution in [-0.2, 0) is 0 Å². The van der Waals surface area contributed by atoms with Gasteiger partial charge >= 0.3 is 0 Å². The van der Waals surface area contributed by atoms with E-state index < -0.39 is 0 Å². The molecule has 4 nitrogen and oxygen atoms in total. The van der Waals surface area contributed by atoms with Gasteiger partial charge in [-0.2, -0.15) is 4.37 Å². The summed E-state index contributed by atoms with van der Waals surface area (Å²) in [5, 5.41) is 0.946. The lowest BCUT2D eigenvalue weighted by molar-refractivity contribution is 0.829. The van der Waals surface area contributed by atoms with Crippen molar-refractivity contribution in [1.82, 2.24) is 9.36 Å². The summed E-state index contributed by atoms with van der Waals surface area (Å²) in [4.78, 5) is 6.98. The van der Waals surface area contributed by atoms with Gasteiger partial charge in [-0.3, -0.25) is 0 Å². The Hall–Kier alpha value is -0.750. The van der Waals surface area contributed by atoms with Gasteiger partial charge in [0.1, 0.15) is 5.82 Å². The minimum Gasteiger partial charge on any atom is -0.393 e. The van der Waals surface area contributed by atoms with E-state index in [-0.39, 0.29) is 0 Å². The first-order valence-corrected chi connectivity index (χ1v) is 5.65. The Morgan fingerprint density at radius 2 is 2.36 bits per heavy atom. The summed E-state index contributed by atoms with van der Waals surface area (Å²) in [7, 11) is 0. The molecular formula is C8H14N4S2. The van der Waals surface area contributed by atoms with Crippen LogP contribution in [0.2, 0.25) is 0 Å². The average molecular weight is 230 g/mol. The lowest BCUT2D eigenvalue weighted by Crippen LogP contribution is -2.27. The molecule has 0 atom stereocenters. The Morgan fingerprint density at radius 1 is 1.64 bits per heavy atom. The Kier molecular flexibility index (Phi) is 4.21. The third-order valence-electron chi connectivity index (χ3n) is 1.80. The second-order valence-electron chi connectivity index (χ2n) is 2.92. The topological polar surface area (TPSA) is 55.0 Å². The summed E-state index contributed by atoms with van der Waals surface area (Å²) >= 11 is 6.25. The molecule has 1 rings (SSSR count). The van der Waals surface area contributed by atoms with Crippen LogP contribution in [0.4, 0.5) is 5.13 Å². The third kappa shape index (κ3) is 3.19. The highest BCUT2D eigenvalue weighted by molar-refractivity contribution is 7.80. The molecule has 0 bridgehead atoms. The van der Waals surface area contributed by atoms with E-state index in [0.717, 1.165) is 30.5 Å². The third-order valence-corrected chi connectivity index (χ3v) is 2.87. The first-order chi connectivity index (χ1) is 6.63. The van der Waals surface area contributed by atoms with E-state index in [0.29, 0.717) is 4.99 Å². The van der Waals surface area contributed by atoms with E-state index in [4.69, 9.17) is 18.0 Å². The van der Waals surface area contributed by atoms with Crippen LogP contribution in [0.25, 0.3) is 0 Å². The van der Waals surface area contributed by atoms with E-state index in [1.165, 1.54) is 11.5 Å². The molecule has 0 aliphatic rings. The van der Waals surface area contributed by atoms with Crippen molar-refractivity contribution in [3.05, 3.63) is 5.82 Å². The molecule has 0 aromatic carbocycles. The quantitative estimate of drug-likeness (QED) is 0.774. The number of hydrogen-bond donors (Lipinski definition) is 1. The fourth-order valence-corrected chi connectivity index (χ4v) is 1.90. The lowest BCUT2D eigenvalue weighted by Gasteiger charge is -2.18. The predicted molar refractivity (Wildman–Crippen MR) is 63.9 cm³/mol. The van der Waals surface area contributed by atoms with Crippen LogP contribution >= 0.6 is 23.8 Å². The highest BCUT2D eigenvalue weighted by Crippen LogP contribution is 2.16. The van der Waals surface area contributed by atoms with Gasteiger partial charge < -0.3 is 10.6 Å². The highest BCUT2D eigenvalue weighted by atomic mass is 32.1. The van der Waals surface area contributed by atoms with Gasteiger partial charge in [0.05, 0.1) is 4.99 Å². The fourth-order valence-electron chi connectivity index (χ4n) is 1.05. The molecular weight excluding hydrogens is 216 g/mol. The zero-order chi connectivity index (χ0) is 10.6. The maximum absolute atomic E-state index is 5.45. The van der Waals surface area contributed by atoms with Gasteiger partial charge in [0.2, 0.25) is 5.13 Å². The van der Waals surface area contributed by atoms with Gasteiger partial charge in [0.15, 0.2) is 0 Å². The van der Waals surface area contributed by atoms with Gasteiger partial charge in [-0.1, -0.05) is 12.2 Å². The summed E-state index contributed by atoms with van der Waals surface area (Å²) in [6.07, 6.45) is 0.724. The molecule has 1 aromatic heterocycles. The minimum atomic E-state index is 0.546. The Morgan fingerprint density at radius 3 is 2.79 bits per heavy atom. The lowest BCUT2D eigenvalue weighted by atomic mass is 10.4. The molecule has 78 valence electrons. The summed E-state index contributed by atoms with van der Waals surface area (Å²) in [5.74, 6) is 0.818. The molecule has 1 aromatic rings. The van der Waals surface area contributed by atoms with Gasteiger partial charge in [0.25, 0.3) is 0 Å². The summed E-state index contributed by atoms with van der Waals surface area (Å²) < 4.78 is 4.14. The van der Waals surface area contributed by atoms with Crippen LogP contribution in [-0.4, -0.2) is 27.4 Å². The van der Waals surface area contributed by atoms with Crippen molar-refractivity contribution < 1.29 is 0 Å². The zero-order valence-corrected chi connectivity index (χ0v) is 9.99. The molecule has 0 aliphatic carbocycles. The maximum atomic E-state index is 5.45.